The van der Waals surface area contributed by atoms with Gasteiger partial charge in [0.1, 0.15) is 11.5 Å². The Hall–Kier alpha value is -4.04. The van der Waals surface area contributed by atoms with Crippen molar-refractivity contribution in [1.82, 2.24) is 9.97 Å². The van der Waals surface area contributed by atoms with Crippen LogP contribution in [0.2, 0.25) is 0 Å². The number of nitrogens with two attached hydrogens (primary N) is 2. The van der Waals surface area contributed by atoms with Crippen LogP contribution in [0, 0.1) is 0 Å². The second kappa shape index (κ2) is 8.63. The highest BCUT2D eigenvalue weighted by Gasteiger charge is 2.42. The summed E-state index contributed by atoms with van der Waals surface area (Å²) in [4.78, 5) is 24.6. The molecule has 1 aliphatic carbocycles. The Bertz CT molecular complexity index is 1500. The van der Waals surface area contributed by atoms with Crippen molar-refractivity contribution in [1.29, 1.82) is 0 Å². The molecule has 0 radical (unpaired) electrons. The zero-order valence-electron chi connectivity index (χ0n) is 18.8. The number of benzene rings is 2. The number of allylic oxidation sites excluding steroid dienone is 2. The summed E-state index contributed by atoms with van der Waals surface area (Å²) in [6.45, 7) is 0. The Balaban J connectivity index is 1.34. The van der Waals surface area contributed by atoms with Gasteiger partial charge in [-0.15, -0.1) is 0 Å². The minimum atomic E-state index is -0.453. The average Bonchev–Trinajstić information content (AvgIpc) is 3.50. The topological polar surface area (TPSA) is 125 Å². The molecule has 2 aliphatic rings. The molecule has 174 valence electrons. The van der Waals surface area contributed by atoms with Crippen molar-refractivity contribution in [3.05, 3.63) is 101 Å². The fourth-order valence-corrected chi connectivity index (χ4v) is 5.76. The van der Waals surface area contributed by atoms with Crippen LogP contribution in [-0.2, 0) is 4.79 Å². The number of hydrogen-bond donors (Lipinski definition) is 4. The number of carbonyl (C=O) groups is 1. The van der Waals surface area contributed by atoms with Crippen LogP contribution in [0.3, 0.4) is 0 Å². The molecule has 4 aromatic rings. The minimum Gasteiger partial charge on any atom is -0.453 e. The van der Waals surface area contributed by atoms with Crippen LogP contribution in [0.4, 0.5) is 0 Å². The Morgan fingerprint density at radius 3 is 2.66 bits per heavy atom. The lowest BCUT2D eigenvalue weighted by molar-refractivity contribution is -0.405. The van der Waals surface area contributed by atoms with E-state index in [0.717, 1.165) is 27.5 Å². The molecule has 0 saturated heterocycles. The van der Waals surface area contributed by atoms with Crippen LogP contribution in [-0.4, -0.2) is 21.6 Å². The zero-order chi connectivity index (χ0) is 23.9. The highest BCUT2D eigenvalue weighted by Crippen LogP contribution is 2.43. The lowest BCUT2D eigenvalue weighted by atomic mass is 9.74. The number of ketones is 1. The molecule has 35 heavy (non-hydrogen) atoms. The number of para-hydroxylation sites is 2. The smallest absolute Gasteiger partial charge is 0.276 e. The molecule has 0 fully saturated rings. The third-order valence-corrected chi connectivity index (χ3v) is 7.41. The highest BCUT2D eigenvalue weighted by atomic mass is 32.2. The van der Waals surface area contributed by atoms with Crippen LogP contribution in [0.25, 0.3) is 11.0 Å². The number of nitrogens with zero attached hydrogens (tertiary/aromatic N) is 1. The Labute approximate surface area is 206 Å². The van der Waals surface area contributed by atoms with E-state index in [9.17, 15) is 4.79 Å². The van der Waals surface area contributed by atoms with Gasteiger partial charge in [0.25, 0.3) is 5.84 Å². The second-order valence-electron chi connectivity index (χ2n) is 8.74. The van der Waals surface area contributed by atoms with E-state index < -0.39 is 5.92 Å². The number of nitrogens with one attached hydrogen (secondary N) is 2. The van der Waals surface area contributed by atoms with Gasteiger partial charge in [-0.2, -0.15) is 0 Å². The molecule has 6 N–H and O–H groups in total. The summed E-state index contributed by atoms with van der Waals surface area (Å²) >= 11 is 1.40. The van der Waals surface area contributed by atoms with Gasteiger partial charge in [-0.25, -0.2) is 9.98 Å². The van der Waals surface area contributed by atoms with Gasteiger partial charge in [0.15, 0.2) is 16.0 Å². The summed E-state index contributed by atoms with van der Waals surface area (Å²) in [5.41, 5.74) is 17.5. The van der Waals surface area contributed by atoms with Crippen molar-refractivity contribution in [3.8, 4) is 0 Å². The van der Waals surface area contributed by atoms with Gasteiger partial charge in [0.05, 0.1) is 28.1 Å². The molecular weight excluding hydrogens is 458 g/mol. The van der Waals surface area contributed by atoms with Crippen LogP contribution in [0.15, 0.2) is 104 Å². The summed E-state index contributed by atoms with van der Waals surface area (Å²) in [6.07, 6.45) is 2.59. The van der Waals surface area contributed by atoms with E-state index in [2.05, 4.69) is 27.1 Å². The largest absolute Gasteiger partial charge is 0.453 e. The Morgan fingerprint density at radius 2 is 1.86 bits per heavy atom. The first-order valence-corrected chi connectivity index (χ1v) is 12.3. The molecule has 3 heterocycles. The molecular formula is C27H24N5O2S+. The predicted molar refractivity (Wildman–Crippen MR) is 135 cm³/mol. The van der Waals surface area contributed by atoms with Gasteiger partial charge >= 0.3 is 0 Å². The number of aromatic amines is 1. The van der Waals surface area contributed by atoms with Crippen LogP contribution in [0.5, 0.6) is 0 Å². The molecule has 0 bridgehead atoms. The summed E-state index contributed by atoms with van der Waals surface area (Å²) in [5.74, 6) is 0.796. The molecule has 2 unspecified atom stereocenters. The van der Waals surface area contributed by atoms with E-state index >= 15 is 0 Å². The number of fused-ring (bicyclic) bond motifs is 1. The molecule has 0 saturated carbocycles. The lowest BCUT2D eigenvalue weighted by Crippen LogP contribution is -2.77. The normalized spacial score (nSPS) is 21.4. The maximum absolute atomic E-state index is 13.5. The van der Waals surface area contributed by atoms with E-state index in [1.807, 2.05) is 54.6 Å². The van der Waals surface area contributed by atoms with E-state index in [0.29, 0.717) is 40.7 Å². The first-order chi connectivity index (χ1) is 17.1. The molecule has 2 aromatic carbocycles. The average molecular weight is 483 g/mol. The third-order valence-electron chi connectivity index (χ3n) is 6.61. The number of aromatic nitrogens is 2. The second-order valence-corrected chi connectivity index (χ2v) is 9.74. The Morgan fingerprint density at radius 1 is 1.06 bits per heavy atom. The first-order valence-electron chi connectivity index (χ1n) is 11.5. The number of rotatable bonds is 4. The SMILES string of the molecule is N/C=C1\C(N)=[NH+]C2=C(C(=O)CC(c3ccccc3)C2)C1c1ccc(Sc2nc3ccccc3[nH]2)o1. The van der Waals surface area contributed by atoms with Crippen molar-refractivity contribution in [3.63, 3.8) is 0 Å². The van der Waals surface area contributed by atoms with Gasteiger partial charge in [0, 0.05) is 19.0 Å². The van der Waals surface area contributed by atoms with Crippen LogP contribution in [0.1, 0.15) is 36.0 Å². The molecule has 7 nitrogen and oxygen atoms in total. The first kappa shape index (κ1) is 21.5. The van der Waals surface area contributed by atoms with Crippen molar-refractivity contribution < 1.29 is 14.2 Å². The third kappa shape index (κ3) is 3.85. The molecule has 2 atom stereocenters. The van der Waals surface area contributed by atoms with Crippen molar-refractivity contribution in [2.75, 3.05) is 0 Å². The van der Waals surface area contributed by atoms with Gasteiger partial charge in [-0.05, 0) is 47.5 Å². The number of H-pyrrole nitrogens is 1. The molecule has 0 spiro atoms. The fraction of sp³-hybridized carbons (Fsp3) is 0.148. The predicted octanol–water partition coefficient (Wildman–Crippen LogP) is 3.09. The summed E-state index contributed by atoms with van der Waals surface area (Å²) in [5, 5.41) is 1.40. The van der Waals surface area contributed by atoms with Gasteiger partial charge < -0.3 is 15.1 Å². The number of imidazole rings is 1. The van der Waals surface area contributed by atoms with Crippen LogP contribution < -0.4 is 16.5 Å². The molecule has 1 aliphatic heterocycles. The quantitative estimate of drug-likeness (QED) is 0.354. The monoisotopic (exact) mass is 482 g/mol. The Kier molecular flexibility index (Phi) is 5.30. The standard InChI is InChI=1S/C27H23N5O2S/c28-14-17-24(22-10-11-23(34-22)35-27-31-18-8-4-5-9-19(18)32-27)25-20(30-26(17)29)12-16(13-21(25)33)15-6-2-1-3-7-15/h1-11,14,16,24H,12-13,28H2,(H2,29,30)(H,31,32)/p+1/b17-14-. The van der Waals surface area contributed by atoms with Crippen molar-refractivity contribution >= 4 is 34.4 Å². The number of hydrogen-bond acceptors (Lipinski definition) is 6. The van der Waals surface area contributed by atoms with Gasteiger partial charge in [-0.3, -0.25) is 10.5 Å². The van der Waals surface area contributed by atoms with E-state index in [4.69, 9.17) is 15.9 Å². The molecule has 2 aromatic heterocycles. The summed E-state index contributed by atoms with van der Waals surface area (Å²) < 4.78 is 6.24. The maximum atomic E-state index is 13.5. The fourth-order valence-electron chi connectivity index (χ4n) is 4.99. The molecule has 8 heteroatoms. The number of furan rings is 1. The number of amidine groups is 1. The highest BCUT2D eigenvalue weighted by molar-refractivity contribution is 7.99. The molecule has 0 amide bonds. The van der Waals surface area contributed by atoms with Crippen molar-refractivity contribution in [2.45, 2.75) is 34.9 Å². The minimum absolute atomic E-state index is 0.0762. The van der Waals surface area contributed by atoms with Crippen molar-refractivity contribution in [2.24, 2.45) is 11.5 Å². The van der Waals surface area contributed by atoms with Crippen LogP contribution >= 0.6 is 11.8 Å². The molecule has 6 rings (SSSR count). The van der Waals surface area contributed by atoms with E-state index in [-0.39, 0.29) is 11.7 Å². The van der Waals surface area contributed by atoms with E-state index in [1.54, 1.807) is 0 Å². The van der Waals surface area contributed by atoms with Gasteiger partial charge in [0.2, 0.25) is 0 Å². The van der Waals surface area contributed by atoms with E-state index in [1.165, 1.54) is 18.0 Å². The summed E-state index contributed by atoms with van der Waals surface area (Å²) in [7, 11) is 0. The maximum Gasteiger partial charge on any atom is 0.276 e. The summed E-state index contributed by atoms with van der Waals surface area (Å²) in [6, 6.07) is 21.8. The van der Waals surface area contributed by atoms with Gasteiger partial charge in [-0.1, -0.05) is 42.5 Å². The number of Topliss-reactive ketones (excluding diaryl/α,β-unsaturated/α-hetero) is 1. The lowest BCUT2D eigenvalue weighted by Gasteiger charge is -2.30. The zero-order valence-corrected chi connectivity index (χ0v) is 19.6. The number of carbonyl (C=O) groups excluding carboxylic acids is 1.